The highest BCUT2D eigenvalue weighted by molar-refractivity contribution is 5.67. The van der Waals surface area contributed by atoms with Gasteiger partial charge in [0.1, 0.15) is 17.6 Å². The van der Waals surface area contributed by atoms with Crippen LogP contribution in [-0.4, -0.2) is 18.2 Å². The number of hydrogen-bond donors (Lipinski definition) is 1. The maximum atomic E-state index is 13.7. The van der Waals surface area contributed by atoms with Crippen molar-refractivity contribution < 1.29 is 18.3 Å². The van der Waals surface area contributed by atoms with Crippen molar-refractivity contribution in [1.29, 1.82) is 0 Å². The monoisotopic (exact) mass is 271 g/mol. The van der Waals surface area contributed by atoms with Gasteiger partial charge in [-0.15, -0.1) is 0 Å². The zero-order valence-corrected chi connectivity index (χ0v) is 11.4. The number of carbonyl (C=O) groups excluding carboxylic acids is 1. The summed E-state index contributed by atoms with van der Waals surface area (Å²) < 4.78 is 31.7. The van der Waals surface area contributed by atoms with Crippen molar-refractivity contribution in [2.45, 2.75) is 39.0 Å². The third-order valence-electron chi connectivity index (χ3n) is 2.28. The number of ether oxygens (including phenoxy) is 1. The van der Waals surface area contributed by atoms with Crippen molar-refractivity contribution in [1.82, 2.24) is 5.32 Å². The molecule has 1 N–H and O–H groups in total. The van der Waals surface area contributed by atoms with Gasteiger partial charge in [-0.05, 0) is 38.5 Å². The minimum Gasteiger partial charge on any atom is -0.444 e. The summed E-state index contributed by atoms with van der Waals surface area (Å²) in [6.07, 6.45) is -1.83. The second-order valence-electron chi connectivity index (χ2n) is 5.24. The van der Waals surface area contributed by atoms with Crippen LogP contribution in [0.2, 0.25) is 0 Å². The zero-order valence-electron chi connectivity index (χ0n) is 11.4. The summed E-state index contributed by atoms with van der Waals surface area (Å²) in [6, 6.07) is 5.38. The van der Waals surface area contributed by atoms with E-state index in [4.69, 9.17) is 4.74 Å². The van der Waals surface area contributed by atoms with Gasteiger partial charge in [0.25, 0.3) is 0 Å². The first-order valence-corrected chi connectivity index (χ1v) is 6.14. The third kappa shape index (κ3) is 6.18. The first kappa shape index (κ1) is 15.4. The number of nitrogens with one attached hydrogen (secondary N) is 1. The Morgan fingerprint density at radius 1 is 1.42 bits per heavy atom. The number of carbonyl (C=O) groups is 1. The lowest BCUT2D eigenvalue weighted by Gasteiger charge is -2.19. The Bertz CT molecular complexity index is 430. The molecule has 0 spiro atoms. The van der Waals surface area contributed by atoms with Crippen molar-refractivity contribution in [3.05, 3.63) is 35.6 Å². The Kier molecular flexibility index (Phi) is 5.27. The Morgan fingerprint density at radius 3 is 2.68 bits per heavy atom. The maximum absolute atomic E-state index is 13.7. The highest BCUT2D eigenvalue weighted by Gasteiger charge is 2.16. The SMILES string of the molecule is CC(C)(C)OC(=O)NCC[C@H](F)c1cccc(F)c1. The smallest absolute Gasteiger partial charge is 0.407 e. The van der Waals surface area contributed by atoms with Gasteiger partial charge < -0.3 is 10.1 Å². The molecule has 1 aromatic carbocycles. The molecule has 0 radical (unpaired) electrons. The molecule has 0 aromatic heterocycles. The van der Waals surface area contributed by atoms with Crippen molar-refractivity contribution in [3.8, 4) is 0 Å². The number of benzene rings is 1. The van der Waals surface area contributed by atoms with E-state index in [0.717, 1.165) is 6.07 Å². The molecule has 0 unspecified atom stereocenters. The fourth-order valence-electron chi connectivity index (χ4n) is 1.48. The Hall–Kier alpha value is -1.65. The number of rotatable bonds is 4. The van der Waals surface area contributed by atoms with Crippen LogP contribution in [0.3, 0.4) is 0 Å². The molecular formula is C14H19F2NO2. The normalized spacial score (nSPS) is 12.9. The van der Waals surface area contributed by atoms with Gasteiger partial charge in [-0.2, -0.15) is 0 Å². The predicted octanol–water partition coefficient (Wildman–Crippen LogP) is 3.75. The molecule has 0 aliphatic rings. The van der Waals surface area contributed by atoms with Gasteiger partial charge in [0.05, 0.1) is 0 Å². The van der Waals surface area contributed by atoms with Crippen molar-refractivity contribution >= 4 is 6.09 Å². The quantitative estimate of drug-likeness (QED) is 0.905. The summed E-state index contributed by atoms with van der Waals surface area (Å²) >= 11 is 0. The average molecular weight is 271 g/mol. The second-order valence-corrected chi connectivity index (χ2v) is 5.24. The first-order chi connectivity index (χ1) is 8.78. The molecule has 106 valence electrons. The molecule has 1 aromatic rings. The topological polar surface area (TPSA) is 38.3 Å². The third-order valence-corrected chi connectivity index (χ3v) is 2.28. The fraction of sp³-hybridized carbons (Fsp3) is 0.500. The minimum absolute atomic E-state index is 0.0721. The van der Waals surface area contributed by atoms with E-state index in [2.05, 4.69) is 5.32 Å². The number of halogens is 2. The van der Waals surface area contributed by atoms with Gasteiger partial charge in [0, 0.05) is 13.0 Å². The summed E-state index contributed by atoms with van der Waals surface area (Å²) in [7, 11) is 0. The Morgan fingerprint density at radius 2 is 2.11 bits per heavy atom. The molecule has 0 fully saturated rings. The average Bonchev–Trinajstić information content (AvgIpc) is 2.26. The van der Waals surface area contributed by atoms with E-state index in [1.54, 1.807) is 20.8 Å². The molecular weight excluding hydrogens is 252 g/mol. The number of alkyl halides is 1. The zero-order chi connectivity index (χ0) is 14.5. The highest BCUT2D eigenvalue weighted by Crippen LogP contribution is 2.21. The molecule has 0 saturated carbocycles. The summed E-state index contributed by atoms with van der Waals surface area (Å²) in [4.78, 5) is 11.3. The molecule has 0 aliphatic heterocycles. The molecule has 1 rings (SSSR count). The highest BCUT2D eigenvalue weighted by atomic mass is 19.1. The number of alkyl carbamates (subject to hydrolysis) is 1. The molecule has 1 atom stereocenters. The maximum Gasteiger partial charge on any atom is 0.407 e. The number of amides is 1. The van der Waals surface area contributed by atoms with Crippen molar-refractivity contribution in [2.75, 3.05) is 6.54 Å². The van der Waals surface area contributed by atoms with E-state index in [1.165, 1.54) is 18.2 Å². The van der Waals surface area contributed by atoms with Gasteiger partial charge in [0.2, 0.25) is 0 Å². The molecule has 19 heavy (non-hydrogen) atoms. The minimum atomic E-state index is -1.31. The number of hydrogen-bond acceptors (Lipinski definition) is 2. The predicted molar refractivity (Wildman–Crippen MR) is 69.1 cm³/mol. The lowest BCUT2D eigenvalue weighted by molar-refractivity contribution is 0.0524. The molecule has 0 saturated heterocycles. The van der Waals surface area contributed by atoms with Crippen LogP contribution in [0.5, 0.6) is 0 Å². The molecule has 0 heterocycles. The van der Waals surface area contributed by atoms with E-state index in [-0.39, 0.29) is 18.5 Å². The van der Waals surface area contributed by atoms with E-state index < -0.39 is 23.7 Å². The van der Waals surface area contributed by atoms with Gasteiger partial charge in [0.15, 0.2) is 0 Å². The van der Waals surface area contributed by atoms with Crippen molar-refractivity contribution in [2.24, 2.45) is 0 Å². The van der Waals surface area contributed by atoms with Gasteiger partial charge in [-0.25, -0.2) is 13.6 Å². The van der Waals surface area contributed by atoms with Crippen LogP contribution in [0.25, 0.3) is 0 Å². The summed E-state index contributed by atoms with van der Waals surface area (Å²) in [5.41, 5.74) is -0.312. The van der Waals surface area contributed by atoms with E-state index >= 15 is 0 Å². The van der Waals surface area contributed by atoms with Crippen LogP contribution in [0.15, 0.2) is 24.3 Å². The molecule has 3 nitrogen and oxygen atoms in total. The van der Waals surface area contributed by atoms with Crippen LogP contribution < -0.4 is 5.32 Å². The van der Waals surface area contributed by atoms with E-state index in [0.29, 0.717) is 0 Å². The van der Waals surface area contributed by atoms with Crippen LogP contribution in [0, 0.1) is 5.82 Å². The largest absolute Gasteiger partial charge is 0.444 e. The first-order valence-electron chi connectivity index (χ1n) is 6.14. The second kappa shape index (κ2) is 6.50. The van der Waals surface area contributed by atoms with Crippen LogP contribution in [0.4, 0.5) is 13.6 Å². The van der Waals surface area contributed by atoms with Crippen LogP contribution in [-0.2, 0) is 4.74 Å². The lowest BCUT2D eigenvalue weighted by Crippen LogP contribution is -2.33. The van der Waals surface area contributed by atoms with Gasteiger partial charge in [-0.1, -0.05) is 12.1 Å². The fourth-order valence-corrected chi connectivity index (χ4v) is 1.48. The van der Waals surface area contributed by atoms with Crippen LogP contribution in [0.1, 0.15) is 38.9 Å². The van der Waals surface area contributed by atoms with Gasteiger partial charge >= 0.3 is 6.09 Å². The summed E-state index contributed by atoms with van der Waals surface area (Å²) in [5.74, 6) is -0.472. The van der Waals surface area contributed by atoms with E-state index in [1.807, 2.05) is 0 Å². The molecule has 0 bridgehead atoms. The van der Waals surface area contributed by atoms with Crippen LogP contribution >= 0.6 is 0 Å². The molecule has 1 amide bonds. The Labute approximate surface area is 112 Å². The Balaban J connectivity index is 2.35. The van der Waals surface area contributed by atoms with Gasteiger partial charge in [-0.3, -0.25) is 0 Å². The molecule has 0 aliphatic carbocycles. The van der Waals surface area contributed by atoms with E-state index in [9.17, 15) is 13.6 Å². The summed E-state index contributed by atoms with van der Waals surface area (Å²) in [5, 5.41) is 2.46. The summed E-state index contributed by atoms with van der Waals surface area (Å²) in [6.45, 7) is 5.37. The molecule has 5 heteroatoms. The lowest BCUT2D eigenvalue weighted by atomic mass is 10.1. The standard InChI is InChI=1S/C14H19F2NO2/c1-14(2,3)19-13(18)17-8-7-12(16)10-5-4-6-11(15)9-10/h4-6,9,12H,7-8H2,1-3H3,(H,17,18)/t12-/m0/s1. The van der Waals surface area contributed by atoms with Crippen molar-refractivity contribution in [3.63, 3.8) is 0 Å².